The summed E-state index contributed by atoms with van der Waals surface area (Å²) in [5.74, 6) is 2.15. The molecule has 4 rings (SSSR count). The Kier molecular flexibility index (Phi) is 6.82. The average molecular weight is 438 g/mol. The highest BCUT2D eigenvalue weighted by atomic mass is 16.4. The van der Waals surface area contributed by atoms with Gasteiger partial charge < -0.3 is 15.3 Å². The summed E-state index contributed by atoms with van der Waals surface area (Å²) in [5, 5.41) is 13.3. The van der Waals surface area contributed by atoms with Gasteiger partial charge in [0.25, 0.3) is 0 Å². The Morgan fingerprint density at radius 2 is 1.75 bits per heavy atom. The minimum atomic E-state index is -0.882. The van der Waals surface area contributed by atoms with Crippen molar-refractivity contribution in [1.82, 2.24) is 9.97 Å². The molecule has 0 bridgehead atoms. The Morgan fingerprint density at radius 3 is 2.41 bits per heavy atom. The summed E-state index contributed by atoms with van der Waals surface area (Å²) in [7, 11) is 4.10. The Labute approximate surface area is 190 Å². The summed E-state index contributed by atoms with van der Waals surface area (Å²) >= 11 is 0. The van der Waals surface area contributed by atoms with Gasteiger partial charge in [0.1, 0.15) is 5.82 Å². The molecule has 2 aromatic rings. The number of fused-ring (bicyclic) bond motifs is 1. The number of aryl methyl sites for hydroxylation is 2. The van der Waals surface area contributed by atoms with Crippen LogP contribution in [0.25, 0.3) is 0 Å². The molecule has 1 aromatic carbocycles. The second-order valence-corrected chi connectivity index (χ2v) is 9.49. The average Bonchev–Trinajstić information content (AvgIpc) is 2.78. The topological polar surface area (TPSA) is 81.6 Å². The second-order valence-electron chi connectivity index (χ2n) is 9.49. The molecular formula is C25H35N5O2. The van der Waals surface area contributed by atoms with Crippen molar-refractivity contribution >= 4 is 23.5 Å². The molecule has 2 N–H and O–H groups in total. The summed E-state index contributed by atoms with van der Waals surface area (Å²) < 4.78 is 0. The third-order valence-electron chi connectivity index (χ3n) is 6.78. The van der Waals surface area contributed by atoms with Crippen LogP contribution in [-0.4, -0.2) is 47.8 Å². The van der Waals surface area contributed by atoms with E-state index in [0.717, 1.165) is 61.5 Å². The number of rotatable bonds is 6. The van der Waals surface area contributed by atoms with E-state index in [9.17, 15) is 9.90 Å². The molecule has 0 atom stereocenters. The molecule has 7 nitrogen and oxygen atoms in total. The van der Waals surface area contributed by atoms with Gasteiger partial charge >= 0.3 is 6.09 Å². The summed E-state index contributed by atoms with van der Waals surface area (Å²) in [6.07, 6.45) is 7.63. The van der Waals surface area contributed by atoms with Crippen LogP contribution in [0.4, 0.5) is 22.2 Å². The predicted octanol–water partition coefficient (Wildman–Crippen LogP) is 4.89. The van der Waals surface area contributed by atoms with Crippen molar-refractivity contribution in [2.24, 2.45) is 5.92 Å². The zero-order valence-electron chi connectivity index (χ0n) is 19.5. The van der Waals surface area contributed by atoms with Gasteiger partial charge in [0.05, 0.1) is 5.69 Å². The first kappa shape index (κ1) is 22.4. The molecule has 1 amide bonds. The molecule has 1 fully saturated rings. The number of hydrogen-bond donors (Lipinski definition) is 2. The van der Waals surface area contributed by atoms with Crippen molar-refractivity contribution in [2.45, 2.75) is 64.3 Å². The van der Waals surface area contributed by atoms with Crippen LogP contribution in [-0.2, 0) is 12.8 Å². The molecule has 0 aliphatic heterocycles. The molecule has 32 heavy (non-hydrogen) atoms. The number of anilines is 3. The molecule has 2 aliphatic carbocycles. The molecule has 0 unspecified atom stereocenters. The van der Waals surface area contributed by atoms with E-state index in [-0.39, 0.29) is 0 Å². The fourth-order valence-electron chi connectivity index (χ4n) is 4.96. The number of aromatic nitrogens is 2. The highest BCUT2D eigenvalue weighted by Crippen LogP contribution is 2.31. The number of amides is 1. The van der Waals surface area contributed by atoms with E-state index in [4.69, 9.17) is 9.97 Å². The first-order valence-corrected chi connectivity index (χ1v) is 11.8. The monoisotopic (exact) mass is 437 g/mol. The van der Waals surface area contributed by atoms with E-state index < -0.39 is 6.09 Å². The van der Waals surface area contributed by atoms with E-state index in [0.29, 0.717) is 18.5 Å². The van der Waals surface area contributed by atoms with E-state index >= 15 is 0 Å². The number of nitrogens with zero attached hydrogens (tertiary/aromatic N) is 4. The fourth-order valence-corrected chi connectivity index (χ4v) is 4.96. The van der Waals surface area contributed by atoms with Crippen LogP contribution in [0.2, 0.25) is 0 Å². The maximum atomic E-state index is 11.9. The molecular weight excluding hydrogens is 402 g/mol. The maximum Gasteiger partial charge on any atom is 0.411 e. The Bertz CT molecular complexity index is 936. The van der Waals surface area contributed by atoms with Crippen LogP contribution in [0.1, 0.15) is 55.3 Å². The molecule has 0 spiro atoms. The lowest BCUT2D eigenvalue weighted by atomic mass is 9.85. The molecule has 1 aromatic heterocycles. The number of benzene rings is 1. The molecule has 1 heterocycles. The number of carboxylic acid groups (broad SMARTS) is 1. The van der Waals surface area contributed by atoms with Gasteiger partial charge in [-0.25, -0.2) is 9.78 Å². The van der Waals surface area contributed by atoms with E-state index in [2.05, 4.69) is 24.3 Å². The Hall–Kier alpha value is -2.83. The first-order chi connectivity index (χ1) is 15.4. The van der Waals surface area contributed by atoms with Crippen LogP contribution in [0.3, 0.4) is 0 Å². The van der Waals surface area contributed by atoms with Gasteiger partial charge in [-0.3, -0.25) is 4.90 Å². The lowest BCUT2D eigenvalue weighted by Crippen LogP contribution is -2.37. The van der Waals surface area contributed by atoms with Gasteiger partial charge in [-0.15, -0.1) is 0 Å². The largest absolute Gasteiger partial charge is 0.465 e. The number of nitrogens with one attached hydrogen (secondary N) is 1. The van der Waals surface area contributed by atoms with E-state index in [1.807, 2.05) is 31.2 Å². The van der Waals surface area contributed by atoms with Gasteiger partial charge in [-0.2, -0.15) is 4.98 Å². The molecule has 1 saturated carbocycles. The van der Waals surface area contributed by atoms with Crippen molar-refractivity contribution in [1.29, 1.82) is 0 Å². The molecule has 0 radical (unpaired) electrons. The fraction of sp³-hybridized carbons (Fsp3) is 0.560. The summed E-state index contributed by atoms with van der Waals surface area (Å²) in [5.41, 5.74) is 4.39. The van der Waals surface area contributed by atoms with E-state index in [1.54, 1.807) is 0 Å². The number of carbonyl (C=O) groups is 1. The van der Waals surface area contributed by atoms with Crippen molar-refractivity contribution in [3.05, 3.63) is 41.1 Å². The predicted molar refractivity (Wildman–Crippen MR) is 129 cm³/mol. The van der Waals surface area contributed by atoms with Gasteiger partial charge in [-0.1, -0.05) is 17.7 Å². The Balaban J connectivity index is 1.37. The van der Waals surface area contributed by atoms with Crippen molar-refractivity contribution in [2.75, 3.05) is 35.8 Å². The minimum Gasteiger partial charge on any atom is -0.465 e. The van der Waals surface area contributed by atoms with Crippen LogP contribution >= 0.6 is 0 Å². The summed E-state index contributed by atoms with van der Waals surface area (Å²) in [4.78, 5) is 25.1. The summed E-state index contributed by atoms with van der Waals surface area (Å²) in [6.45, 7) is 2.56. The van der Waals surface area contributed by atoms with Gasteiger partial charge in [-0.05, 0) is 76.3 Å². The van der Waals surface area contributed by atoms with Gasteiger partial charge in [0.2, 0.25) is 5.95 Å². The third-order valence-corrected chi connectivity index (χ3v) is 6.78. The first-order valence-electron chi connectivity index (χ1n) is 11.8. The van der Waals surface area contributed by atoms with Crippen LogP contribution in [0.5, 0.6) is 0 Å². The minimum absolute atomic E-state index is 0.334. The molecule has 172 valence electrons. The number of hydrogen-bond acceptors (Lipinski definition) is 5. The highest BCUT2D eigenvalue weighted by molar-refractivity contribution is 5.86. The normalized spacial score (nSPS) is 20.3. The lowest BCUT2D eigenvalue weighted by molar-refractivity contribution is 0.199. The second kappa shape index (κ2) is 9.76. The standard InChI is InChI=1S/C25H35N5O2/c1-17-8-14-20(15-9-17)30(25(31)32)16-18-10-12-19(13-11-18)26-24-27-22-7-5-4-6-21(22)23(28-24)29(2)3/h8-9,14-15,18-19H,4-7,10-13,16H2,1-3H3,(H,31,32)(H,26,27,28). The summed E-state index contributed by atoms with van der Waals surface area (Å²) in [6, 6.07) is 8.05. The SMILES string of the molecule is Cc1ccc(N(CC2CCC(Nc3nc4c(c(N(C)C)n3)CCCC4)CC2)C(=O)O)cc1. The van der Waals surface area contributed by atoms with E-state index in [1.165, 1.54) is 29.0 Å². The zero-order chi connectivity index (χ0) is 22.7. The molecule has 0 saturated heterocycles. The van der Waals surface area contributed by atoms with Crippen molar-refractivity contribution < 1.29 is 9.90 Å². The smallest absolute Gasteiger partial charge is 0.411 e. The third kappa shape index (κ3) is 5.14. The van der Waals surface area contributed by atoms with Gasteiger partial charge in [0.15, 0.2) is 0 Å². The van der Waals surface area contributed by atoms with Gasteiger partial charge in [0, 0.05) is 37.9 Å². The maximum absolute atomic E-state index is 11.9. The zero-order valence-corrected chi connectivity index (χ0v) is 19.5. The van der Waals surface area contributed by atoms with Crippen LogP contribution < -0.4 is 15.1 Å². The van der Waals surface area contributed by atoms with Crippen LogP contribution in [0, 0.1) is 12.8 Å². The Morgan fingerprint density at radius 1 is 1.06 bits per heavy atom. The highest BCUT2D eigenvalue weighted by Gasteiger charge is 2.27. The van der Waals surface area contributed by atoms with Crippen molar-refractivity contribution in [3.8, 4) is 0 Å². The molecule has 7 heteroatoms. The lowest BCUT2D eigenvalue weighted by Gasteiger charge is -2.32. The molecule has 2 aliphatic rings. The van der Waals surface area contributed by atoms with Crippen LogP contribution in [0.15, 0.2) is 24.3 Å². The quantitative estimate of drug-likeness (QED) is 0.670. The van der Waals surface area contributed by atoms with Crippen molar-refractivity contribution in [3.63, 3.8) is 0 Å².